The lowest BCUT2D eigenvalue weighted by Gasteiger charge is -2.09. The van der Waals surface area contributed by atoms with E-state index in [1.54, 1.807) is 18.2 Å². The minimum absolute atomic E-state index is 0.00433. The third-order valence-corrected chi connectivity index (χ3v) is 3.56. The van der Waals surface area contributed by atoms with Crippen LogP contribution >= 0.6 is 11.6 Å². The molecule has 0 radical (unpaired) electrons. The van der Waals surface area contributed by atoms with Crippen molar-refractivity contribution in [2.75, 3.05) is 0 Å². The van der Waals surface area contributed by atoms with Gasteiger partial charge in [0, 0.05) is 12.1 Å². The number of aromatic hydroxyl groups is 1. The molecular formula is C14H9BClNO4. The van der Waals surface area contributed by atoms with Gasteiger partial charge in [-0.2, -0.15) is 5.26 Å². The minimum atomic E-state index is -0.904. The summed E-state index contributed by atoms with van der Waals surface area (Å²) < 4.78 is 10.7. The van der Waals surface area contributed by atoms with Crippen LogP contribution in [0.3, 0.4) is 0 Å². The lowest BCUT2D eigenvalue weighted by atomic mass is 9.80. The number of fused-ring (bicyclic) bond motifs is 1. The fraction of sp³-hybridized carbons (Fsp3) is 0.0714. The number of nitriles is 1. The van der Waals surface area contributed by atoms with Crippen molar-refractivity contribution in [3.8, 4) is 23.3 Å². The smallest absolute Gasteiger partial charge is 0.491 e. The molecule has 0 saturated heterocycles. The standard InChI is InChI=1S/C14H9BClNO4/c16-14-8(6-17)3-11(5-13(14)18)21-10-1-2-12-9(4-10)7-20-15(12)19/h1-5,18-19H,7H2. The highest BCUT2D eigenvalue weighted by Crippen LogP contribution is 2.34. The number of rotatable bonds is 2. The van der Waals surface area contributed by atoms with E-state index in [1.807, 2.05) is 6.07 Å². The third kappa shape index (κ3) is 2.54. The number of nitrogens with zero attached hydrogens (tertiary/aromatic N) is 1. The second kappa shape index (κ2) is 5.30. The van der Waals surface area contributed by atoms with Crippen molar-refractivity contribution in [2.24, 2.45) is 0 Å². The molecule has 7 heteroatoms. The lowest BCUT2D eigenvalue weighted by Crippen LogP contribution is -2.27. The minimum Gasteiger partial charge on any atom is -0.506 e. The monoisotopic (exact) mass is 301 g/mol. The van der Waals surface area contributed by atoms with Gasteiger partial charge < -0.3 is 19.5 Å². The number of ether oxygens (including phenoxy) is 1. The Balaban J connectivity index is 1.91. The van der Waals surface area contributed by atoms with Crippen LogP contribution in [0.15, 0.2) is 30.3 Å². The highest BCUT2D eigenvalue weighted by atomic mass is 35.5. The Morgan fingerprint density at radius 1 is 1.29 bits per heavy atom. The summed E-state index contributed by atoms with van der Waals surface area (Å²) in [5.74, 6) is 0.593. The maximum Gasteiger partial charge on any atom is 0.491 e. The molecule has 0 amide bonds. The van der Waals surface area contributed by atoms with E-state index in [0.29, 0.717) is 23.6 Å². The first-order chi connectivity index (χ1) is 10.1. The van der Waals surface area contributed by atoms with Gasteiger partial charge in [-0.1, -0.05) is 17.7 Å². The van der Waals surface area contributed by atoms with Crippen LogP contribution in [-0.2, 0) is 11.3 Å². The Hall–Kier alpha value is -2.20. The molecule has 1 aliphatic heterocycles. The van der Waals surface area contributed by atoms with Gasteiger partial charge in [0.05, 0.1) is 12.2 Å². The molecule has 1 heterocycles. The van der Waals surface area contributed by atoms with Crippen LogP contribution in [0.5, 0.6) is 17.2 Å². The topological polar surface area (TPSA) is 82.7 Å². The predicted octanol–water partition coefficient (Wildman–Crippen LogP) is 1.93. The van der Waals surface area contributed by atoms with Gasteiger partial charge in [0.1, 0.15) is 28.3 Å². The molecule has 2 N–H and O–H groups in total. The molecule has 0 fully saturated rings. The number of halogens is 1. The van der Waals surface area contributed by atoms with Crippen LogP contribution < -0.4 is 10.2 Å². The summed E-state index contributed by atoms with van der Waals surface area (Å²) in [5.41, 5.74) is 1.67. The molecule has 0 bridgehead atoms. The van der Waals surface area contributed by atoms with Crippen molar-refractivity contribution >= 4 is 24.2 Å². The molecular weight excluding hydrogens is 292 g/mol. The first kappa shape index (κ1) is 13.8. The van der Waals surface area contributed by atoms with Gasteiger partial charge in [-0.05, 0) is 23.2 Å². The Bertz CT molecular complexity index is 759. The second-order valence-electron chi connectivity index (χ2n) is 4.54. The van der Waals surface area contributed by atoms with Crippen LogP contribution in [0.2, 0.25) is 5.02 Å². The fourth-order valence-electron chi connectivity index (χ4n) is 2.13. The summed E-state index contributed by atoms with van der Waals surface area (Å²) in [7, 11) is -0.904. The van der Waals surface area contributed by atoms with Gasteiger partial charge >= 0.3 is 7.12 Å². The maximum atomic E-state index is 9.66. The molecule has 0 aromatic heterocycles. The molecule has 21 heavy (non-hydrogen) atoms. The van der Waals surface area contributed by atoms with E-state index < -0.39 is 7.12 Å². The summed E-state index contributed by atoms with van der Waals surface area (Å²) in [6.45, 7) is 0.309. The molecule has 2 aromatic rings. The molecule has 0 aliphatic carbocycles. The highest BCUT2D eigenvalue weighted by molar-refractivity contribution is 6.61. The van der Waals surface area contributed by atoms with Gasteiger partial charge in [0.25, 0.3) is 0 Å². The van der Waals surface area contributed by atoms with Crippen LogP contribution in [0.1, 0.15) is 11.1 Å². The Morgan fingerprint density at radius 3 is 2.86 bits per heavy atom. The molecule has 0 saturated carbocycles. The first-order valence-electron chi connectivity index (χ1n) is 6.11. The van der Waals surface area contributed by atoms with Crippen LogP contribution in [0, 0.1) is 11.3 Å². The normalized spacial score (nSPS) is 12.9. The van der Waals surface area contributed by atoms with Crippen molar-refractivity contribution in [3.63, 3.8) is 0 Å². The van der Waals surface area contributed by atoms with Gasteiger partial charge in [-0.3, -0.25) is 0 Å². The van der Waals surface area contributed by atoms with Gasteiger partial charge in [-0.15, -0.1) is 0 Å². The number of phenols is 1. The van der Waals surface area contributed by atoms with Crippen molar-refractivity contribution in [1.82, 2.24) is 0 Å². The van der Waals surface area contributed by atoms with E-state index in [0.717, 1.165) is 5.56 Å². The van der Waals surface area contributed by atoms with Gasteiger partial charge in [0.15, 0.2) is 0 Å². The SMILES string of the molecule is N#Cc1cc(Oc2ccc3c(c2)COB3O)cc(O)c1Cl. The van der Waals surface area contributed by atoms with Crippen molar-refractivity contribution < 1.29 is 19.5 Å². The first-order valence-corrected chi connectivity index (χ1v) is 6.49. The number of hydrogen-bond donors (Lipinski definition) is 2. The van der Waals surface area contributed by atoms with E-state index in [-0.39, 0.29) is 16.3 Å². The van der Waals surface area contributed by atoms with E-state index in [2.05, 4.69) is 0 Å². The van der Waals surface area contributed by atoms with E-state index >= 15 is 0 Å². The predicted molar refractivity (Wildman–Crippen MR) is 76.7 cm³/mol. The average Bonchev–Trinajstić information content (AvgIpc) is 2.83. The van der Waals surface area contributed by atoms with Gasteiger partial charge in [-0.25, -0.2) is 0 Å². The number of phenolic OH excluding ortho intramolecular Hbond substituents is 1. The zero-order valence-corrected chi connectivity index (χ0v) is 11.5. The molecule has 104 valence electrons. The van der Waals surface area contributed by atoms with Crippen LogP contribution in [0.25, 0.3) is 0 Å². The Kier molecular flexibility index (Phi) is 3.48. The lowest BCUT2D eigenvalue weighted by molar-refractivity contribution is 0.275. The molecule has 0 atom stereocenters. The van der Waals surface area contributed by atoms with Gasteiger partial charge in [0.2, 0.25) is 0 Å². The maximum absolute atomic E-state index is 9.66. The Morgan fingerprint density at radius 2 is 2.10 bits per heavy atom. The van der Waals surface area contributed by atoms with Crippen molar-refractivity contribution in [1.29, 1.82) is 5.26 Å². The fourth-order valence-corrected chi connectivity index (χ4v) is 2.28. The quantitative estimate of drug-likeness (QED) is 0.828. The molecule has 2 aromatic carbocycles. The largest absolute Gasteiger partial charge is 0.506 e. The molecule has 1 aliphatic rings. The van der Waals surface area contributed by atoms with E-state index in [1.165, 1.54) is 12.1 Å². The number of benzene rings is 2. The zero-order chi connectivity index (χ0) is 15.0. The second-order valence-corrected chi connectivity index (χ2v) is 4.92. The van der Waals surface area contributed by atoms with Crippen molar-refractivity contribution in [3.05, 3.63) is 46.5 Å². The summed E-state index contributed by atoms with van der Waals surface area (Å²) in [5, 5.41) is 28.2. The summed E-state index contributed by atoms with van der Waals surface area (Å²) >= 11 is 5.79. The van der Waals surface area contributed by atoms with Crippen LogP contribution in [0.4, 0.5) is 0 Å². The summed E-state index contributed by atoms with van der Waals surface area (Å²) in [6.07, 6.45) is 0. The molecule has 3 rings (SSSR count). The molecule has 0 spiro atoms. The zero-order valence-electron chi connectivity index (χ0n) is 10.7. The number of hydrogen-bond acceptors (Lipinski definition) is 5. The molecule has 5 nitrogen and oxygen atoms in total. The summed E-state index contributed by atoms with van der Waals surface area (Å²) in [4.78, 5) is 0. The molecule has 0 unspecified atom stereocenters. The third-order valence-electron chi connectivity index (χ3n) is 3.16. The van der Waals surface area contributed by atoms with Crippen LogP contribution in [-0.4, -0.2) is 17.2 Å². The van der Waals surface area contributed by atoms with E-state index in [4.69, 9.17) is 26.3 Å². The van der Waals surface area contributed by atoms with E-state index in [9.17, 15) is 10.1 Å². The Labute approximate surface area is 126 Å². The van der Waals surface area contributed by atoms with Crippen molar-refractivity contribution in [2.45, 2.75) is 6.61 Å². The summed E-state index contributed by atoms with van der Waals surface area (Å²) in [6, 6.07) is 9.79. The highest BCUT2D eigenvalue weighted by Gasteiger charge is 2.27. The average molecular weight is 301 g/mol.